The number of nitrogens with zero attached hydrogens (tertiary/aromatic N) is 3. The van der Waals surface area contributed by atoms with Crippen LogP contribution in [0.4, 0.5) is 5.69 Å². The SMILES string of the molecule is CCOC(=O)Cn1c(=NC(=O)c2ccc(S(=O)(=O)N3CCCc4ccccc43)cc2)sc2cc(S(C)(=O)=O)ccc21. The van der Waals surface area contributed by atoms with E-state index >= 15 is 0 Å². The molecule has 41 heavy (non-hydrogen) atoms. The number of benzene rings is 3. The number of carbonyl (C=O) groups is 2. The lowest BCUT2D eigenvalue weighted by molar-refractivity contribution is -0.143. The first kappa shape index (κ1) is 28.7. The Morgan fingerprint density at radius 1 is 0.976 bits per heavy atom. The second kappa shape index (κ2) is 11.2. The molecule has 214 valence electrons. The summed E-state index contributed by atoms with van der Waals surface area (Å²) in [5, 5.41) is 0. The Morgan fingerprint density at radius 3 is 2.39 bits per heavy atom. The van der Waals surface area contributed by atoms with Crippen LogP contribution in [0.1, 0.15) is 29.3 Å². The molecule has 3 aromatic carbocycles. The molecule has 1 aliphatic heterocycles. The Balaban J connectivity index is 1.49. The number of anilines is 1. The summed E-state index contributed by atoms with van der Waals surface area (Å²) >= 11 is 1.06. The third-order valence-corrected chi connectivity index (χ3v) is 10.6. The Labute approximate surface area is 241 Å². The van der Waals surface area contributed by atoms with Crippen LogP contribution in [-0.2, 0) is 42.4 Å². The zero-order valence-corrected chi connectivity index (χ0v) is 24.8. The molecule has 0 saturated heterocycles. The highest BCUT2D eigenvalue weighted by Gasteiger charge is 2.29. The zero-order chi connectivity index (χ0) is 29.4. The molecule has 1 aliphatic rings. The van der Waals surface area contributed by atoms with Crippen LogP contribution in [0.25, 0.3) is 10.2 Å². The van der Waals surface area contributed by atoms with Gasteiger partial charge in [0, 0.05) is 18.4 Å². The standard InChI is InChI=1S/C28H27N3O7S3/c1-3-38-26(32)18-30-24-15-14-22(40(2,34)35)17-25(24)39-28(30)29-27(33)20-10-12-21(13-11-20)41(36,37)31-16-6-8-19-7-4-5-9-23(19)31/h4-5,7,9-15,17H,3,6,8,16,18H2,1-2H3. The smallest absolute Gasteiger partial charge is 0.326 e. The number of hydrogen-bond donors (Lipinski definition) is 0. The number of rotatable bonds is 7. The monoisotopic (exact) mass is 613 g/mol. The van der Waals surface area contributed by atoms with E-state index in [0.717, 1.165) is 29.6 Å². The summed E-state index contributed by atoms with van der Waals surface area (Å²) in [5.74, 6) is -1.19. The average Bonchev–Trinajstić information content (AvgIpc) is 3.28. The van der Waals surface area contributed by atoms with Crippen molar-refractivity contribution < 1.29 is 31.2 Å². The van der Waals surface area contributed by atoms with E-state index < -0.39 is 31.7 Å². The fraction of sp³-hybridized carbons (Fsp3) is 0.250. The number of thiazole rings is 1. The van der Waals surface area contributed by atoms with Crippen molar-refractivity contribution in [1.82, 2.24) is 4.57 Å². The van der Waals surface area contributed by atoms with Gasteiger partial charge in [0.25, 0.3) is 15.9 Å². The first-order chi connectivity index (χ1) is 19.5. The van der Waals surface area contributed by atoms with Gasteiger partial charge in [-0.15, -0.1) is 0 Å². The summed E-state index contributed by atoms with van der Waals surface area (Å²) in [4.78, 5) is 30.0. The highest BCUT2D eigenvalue weighted by molar-refractivity contribution is 7.92. The topological polar surface area (TPSA) is 132 Å². The maximum atomic E-state index is 13.4. The van der Waals surface area contributed by atoms with Crippen LogP contribution in [0.5, 0.6) is 0 Å². The minimum absolute atomic E-state index is 0.0540. The molecule has 0 unspecified atom stereocenters. The van der Waals surface area contributed by atoms with Crippen LogP contribution in [-0.4, -0.2) is 52.7 Å². The molecular formula is C28H27N3O7S3. The van der Waals surface area contributed by atoms with Gasteiger partial charge in [0.05, 0.1) is 32.3 Å². The van der Waals surface area contributed by atoms with Crippen molar-refractivity contribution in [2.45, 2.75) is 36.1 Å². The van der Waals surface area contributed by atoms with Crippen molar-refractivity contribution in [3.05, 3.63) is 82.7 Å². The molecule has 4 aromatic rings. The maximum Gasteiger partial charge on any atom is 0.326 e. The van der Waals surface area contributed by atoms with Crippen molar-refractivity contribution in [2.24, 2.45) is 4.99 Å². The van der Waals surface area contributed by atoms with Crippen LogP contribution in [0.15, 0.2) is 81.5 Å². The molecule has 0 fully saturated rings. The Hall–Kier alpha value is -3.81. The number of aromatic nitrogens is 1. The summed E-state index contributed by atoms with van der Waals surface area (Å²) in [6.07, 6.45) is 2.61. The van der Waals surface area contributed by atoms with Gasteiger partial charge in [-0.3, -0.25) is 13.9 Å². The number of carbonyl (C=O) groups excluding carboxylic acids is 2. The number of para-hydroxylation sites is 1. The van der Waals surface area contributed by atoms with Crippen LogP contribution in [0.3, 0.4) is 0 Å². The zero-order valence-electron chi connectivity index (χ0n) is 22.3. The lowest BCUT2D eigenvalue weighted by Crippen LogP contribution is -2.35. The Bertz CT molecular complexity index is 1940. The van der Waals surface area contributed by atoms with Crippen LogP contribution >= 0.6 is 11.3 Å². The number of sulfonamides is 1. The van der Waals surface area contributed by atoms with E-state index in [-0.39, 0.29) is 33.3 Å². The summed E-state index contributed by atoms with van der Waals surface area (Å²) in [5.41, 5.74) is 2.30. The quantitative estimate of drug-likeness (QED) is 0.291. The van der Waals surface area contributed by atoms with Gasteiger partial charge in [0.1, 0.15) is 6.54 Å². The molecule has 1 aromatic heterocycles. The number of ether oxygens (including phenoxy) is 1. The van der Waals surface area contributed by atoms with Crippen molar-refractivity contribution in [3.8, 4) is 0 Å². The van der Waals surface area contributed by atoms with E-state index in [2.05, 4.69) is 4.99 Å². The molecule has 0 aliphatic carbocycles. The summed E-state index contributed by atoms with van der Waals surface area (Å²) in [7, 11) is -7.33. The minimum atomic E-state index is -3.85. The van der Waals surface area contributed by atoms with Gasteiger partial charge < -0.3 is 9.30 Å². The second-order valence-corrected chi connectivity index (χ2v) is 14.3. The van der Waals surface area contributed by atoms with Gasteiger partial charge in [-0.25, -0.2) is 16.8 Å². The maximum absolute atomic E-state index is 13.4. The number of fused-ring (bicyclic) bond motifs is 2. The van der Waals surface area contributed by atoms with Crippen molar-refractivity contribution in [2.75, 3.05) is 23.7 Å². The van der Waals surface area contributed by atoms with Gasteiger partial charge in [0.15, 0.2) is 14.6 Å². The van der Waals surface area contributed by atoms with Crippen LogP contribution in [0, 0.1) is 0 Å². The molecule has 0 atom stereocenters. The highest BCUT2D eigenvalue weighted by atomic mass is 32.2. The van der Waals surface area contributed by atoms with E-state index in [1.807, 2.05) is 12.1 Å². The molecule has 1 amide bonds. The molecule has 5 rings (SSSR count). The molecule has 13 heteroatoms. The van der Waals surface area contributed by atoms with Crippen molar-refractivity contribution in [1.29, 1.82) is 0 Å². The minimum Gasteiger partial charge on any atom is -0.465 e. The van der Waals surface area contributed by atoms with Crippen molar-refractivity contribution in [3.63, 3.8) is 0 Å². The summed E-state index contributed by atoms with van der Waals surface area (Å²) in [6.45, 7) is 1.98. The van der Waals surface area contributed by atoms with Gasteiger partial charge in [-0.1, -0.05) is 29.5 Å². The fourth-order valence-corrected chi connectivity index (χ4v) is 7.98. The molecule has 0 spiro atoms. The van der Waals surface area contributed by atoms with Crippen LogP contribution in [0.2, 0.25) is 0 Å². The van der Waals surface area contributed by atoms with Gasteiger partial charge in [-0.2, -0.15) is 4.99 Å². The largest absolute Gasteiger partial charge is 0.465 e. The molecule has 10 nitrogen and oxygen atoms in total. The fourth-order valence-electron chi connectivity index (χ4n) is 4.65. The molecule has 2 heterocycles. The normalized spacial score (nSPS) is 14.2. The molecular weight excluding hydrogens is 587 g/mol. The lowest BCUT2D eigenvalue weighted by Gasteiger charge is -2.30. The summed E-state index contributed by atoms with van der Waals surface area (Å²) in [6, 6.07) is 17.4. The van der Waals surface area contributed by atoms with Crippen molar-refractivity contribution >= 4 is 59.0 Å². The van der Waals surface area contributed by atoms with E-state index in [1.165, 1.54) is 45.3 Å². The van der Waals surface area contributed by atoms with E-state index in [4.69, 9.17) is 4.74 Å². The molecule has 0 bridgehead atoms. The van der Waals surface area contributed by atoms with E-state index in [0.29, 0.717) is 28.9 Å². The number of esters is 1. The first-order valence-corrected chi connectivity index (χ1v) is 16.9. The highest BCUT2D eigenvalue weighted by Crippen LogP contribution is 2.32. The average molecular weight is 614 g/mol. The lowest BCUT2D eigenvalue weighted by atomic mass is 10.0. The molecule has 0 N–H and O–H groups in total. The number of sulfone groups is 1. The molecule has 0 radical (unpaired) electrons. The number of amides is 1. The second-order valence-electron chi connectivity index (χ2n) is 9.43. The third kappa shape index (κ3) is 5.83. The van der Waals surface area contributed by atoms with Crippen LogP contribution < -0.4 is 9.11 Å². The third-order valence-electron chi connectivity index (χ3n) is 6.63. The number of hydrogen-bond acceptors (Lipinski definition) is 8. The Kier molecular flexibility index (Phi) is 7.86. The molecule has 0 saturated carbocycles. The predicted molar refractivity (Wildman–Crippen MR) is 155 cm³/mol. The van der Waals surface area contributed by atoms with Gasteiger partial charge in [-0.05, 0) is 73.9 Å². The first-order valence-electron chi connectivity index (χ1n) is 12.8. The van der Waals surface area contributed by atoms with Gasteiger partial charge in [0.2, 0.25) is 0 Å². The number of aryl methyl sites for hydroxylation is 1. The predicted octanol–water partition coefficient (Wildman–Crippen LogP) is 3.55. The Morgan fingerprint density at radius 2 is 1.68 bits per heavy atom. The summed E-state index contributed by atoms with van der Waals surface area (Å²) < 4.78 is 59.5. The van der Waals surface area contributed by atoms with E-state index in [9.17, 15) is 26.4 Å². The van der Waals surface area contributed by atoms with Gasteiger partial charge >= 0.3 is 5.97 Å². The van der Waals surface area contributed by atoms with E-state index in [1.54, 1.807) is 25.1 Å².